The van der Waals surface area contributed by atoms with Crippen molar-refractivity contribution in [2.24, 2.45) is 5.73 Å². The highest BCUT2D eigenvalue weighted by molar-refractivity contribution is 5.00. The zero-order valence-corrected chi connectivity index (χ0v) is 12.9. The van der Waals surface area contributed by atoms with Gasteiger partial charge in [-0.05, 0) is 46.4 Å². The van der Waals surface area contributed by atoms with Crippen molar-refractivity contribution in [2.75, 3.05) is 40.3 Å². The Morgan fingerprint density at radius 1 is 1.29 bits per heavy atom. The lowest BCUT2D eigenvalue weighted by molar-refractivity contribution is 0.0307. The Bertz CT molecular complexity index is 466. The molecule has 1 aromatic heterocycles. The van der Waals surface area contributed by atoms with E-state index >= 15 is 0 Å². The summed E-state index contributed by atoms with van der Waals surface area (Å²) in [5.41, 5.74) is 5.64. The summed E-state index contributed by atoms with van der Waals surface area (Å²) in [6.07, 6.45) is 3.07. The molecule has 2 aliphatic heterocycles. The molecule has 0 saturated carbocycles. The number of likely N-dealkylation sites (N-methyl/N-ethyl adjacent to an activating group) is 2. The van der Waals surface area contributed by atoms with Gasteiger partial charge in [-0.2, -0.15) is 4.98 Å². The minimum atomic E-state index is -0.0892. The first kappa shape index (κ1) is 14.9. The maximum Gasteiger partial charge on any atom is 0.255 e. The number of rotatable bonds is 3. The molecule has 7 heteroatoms. The van der Waals surface area contributed by atoms with E-state index < -0.39 is 0 Å². The van der Waals surface area contributed by atoms with E-state index in [1.54, 1.807) is 0 Å². The van der Waals surface area contributed by atoms with E-state index in [1.165, 1.54) is 0 Å². The zero-order chi connectivity index (χ0) is 14.8. The van der Waals surface area contributed by atoms with Gasteiger partial charge in [0.2, 0.25) is 0 Å². The van der Waals surface area contributed by atoms with E-state index in [0.29, 0.717) is 12.4 Å². The molecule has 3 atom stereocenters. The molecule has 0 spiro atoms. The fourth-order valence-electron chi connectivity index (χ4n) is 3.12. The maximum absolute atomic E-state index is 5.82. The van der Waals surface area contributed by atoms with Crippen LogP contribution in [0.15, 0.2) is 4.52 Å². The largest absolute Gasteiger partial charge is 0.364 e. The summed E-state index contributed by atoms with van der Waals surface area (Å²) in [6, 6.07) is 0.182. The molecule has 0 aliphatic carbocycles. The summed E-state index contributed by atoms with van der Waals surface area (Å²) in [7, 11) is 4.26. The van der Waals surface area contributed by atoms with Crippen molar-refractivity contribution in [2.45, 2.75) is 37.5 Å². The fourth-order valence-corrected chi connectivity index (χ4v) is 3.12. The van der Waals surface area contributed by atoms with Crippen molar-refractivity contribution >= 4 is 0 Å². The molecule has 2 N–H and O–H groups in total. The minimum Gasteiger partial charge on any atom is -0.364 e. The van der Waals surface area contributed by atoms with Crippen LogP contribution >= 0.6 is 0 Å². The van der Waals surface area contributed by atoms with Gasteiger partial charge in [-0.3, -0.25) is 4.90 Å². The number of hydrogen-bond donors (Lipinski definition) is 1. The molecule has 3 heterocycles. The van der Waals surface area contributed by atoms with Crippen LogP contribution in [-0.2, 0) is 4.74 Å². The molecule has 2 saturated heterocycles. The highest BCUT2D eigenvalue weighted by Crippen LogP contribution is 2.32. The van der Waals surface area contributed by atoms with E-state index in [2.05, 4.69) is 34.0 Å². The van der Waals surface area contributed by atoms with Crippen molar-refractivity contribution in [3.05, 3.63) is 11.7 Å². The summed E-state index contributed by atoms with van der Waals surface area (Å²) in [6.45, 7) is 3.63. The quantitative estimate of drug-likeness (QED) is 0.872. The predicted molar refractivity (Wildman–Crippen MR) is 77.7 cm³/mol. The lowest BCUT2D eigenvalue weighted by Crippen LogP contribution is -2.31. The highest BCUT2D eigenvalue weighted by atomic mass is 16.5. The van der Waals surface area contributed by atoms with Crippen LogP contribution in [0.3, 0.4) is 0 Å². The molecular weight excluding hydrogens is 270 g/mol. The van der Waals surface area contributed by atoms with E-state index in [9.17, 15) is 0 Å². The van der Waals surface area contributed by atoms with Gasteiger partial charge in [-0.25, -0.2) is 0 Å². The van der Waals surface area contributed by atoms with Gasteiger partial charge < -0.3 is 19.9 Å². The standard InChI is InChI=1S/C14H25N5O2/c1-18-6-3-7-19(2)11(9-18)13-16-14(21-17-13)12-5-4-10(8-15)20-12/h10-12H,3-9,15H2,1-2H3. The zero-order valence-electron chi connectivity index (χ0n) is 12.9. The SMILES string of the molecule is CN1CCCN(C)C(c2noc(C3CCC(CN)O3)n2)C1. The Morgan fingerprint density at radius 2 is 2.14 bits per heavy atom. The van der Waals surface area contributed by atoms with E-state index in [0.717, 1.165) is 44.7 Å². The minimum absolute atomic E-state index is 0.0892. The summed E-state index contributed by atoms with van der Waals surface area (Å²) in [5, 5.41) is 4.20. The third-order valence-electron chi connectivity index (χ3n) is 4.47. The number of hydrogen-bond acceptors (Lipinski definition) is 7. The molecule has 1 aromatic rings. The Balaban J connectivity index is 1.71. The summed E-state index contributed by atoms with van der Waals surface area (Å²) < 4.78 is 11.3. The Kier molecular flexibility index (Phi) is 4.54. The summed E-state index contributed by atoms with van der Waals surface area (Å²) in [5.74, 6) is 1.36. The monoisotopic (exact) mass is 295 g/mol. The first-order valence-corrected chi connectivity index (χ1v) is 7.75. The molecule has 0 aromatic carbocycles. The molecule has 3 unspecified atom stereocenters. The van der Waals surface area contributed by atoms with Crippen molar-refractivity contribution in [3.63, 3.8) is 0 Å². The highest BCUT2D eigenvalue weighted by Gasteiger charge is 2.32. The molecule has 0 bridgehead atoms. The van der Waals surface area contributed by atoms with E-state index in [4.69, 9.17) is 15.0 Å². The topological polar surface area (TPSA) is 80.7 Å². The average Bonchev–Trinajstić information content (AvgIpc) is 3.10. The second-order valence-corrected chi connectivity index (χ2v) is 6.16. The number of nitrogens with zero attached hydrogens (tertiary/aromatic N) is 4. The van der Waals surface area contributed by atoms with Crippen LogP contribution < -0.4 is 5.73 Å². The van der Waals surface area contributed by atoms with E-state index in [-0.39, 0.29) is 18.2 Å². The molecular formula is C14H25N5O2. The Hall–Kier alpha value is -1.02. The molecule has 0 radical (unpaired) electrons. The summed E-state index contributed by atoms with van der Waals surface area (Å²) in [4.78, 5) is 9.22. The van der Waals surface area contributed by atoms with Gasteiger partial charge in [0.1, 0.15) is 6.10 Å². The van der Waals surface area contributed by atoms with Gasteiger partial charge in [-0.15, -0.1) is 0 Å². The number of aromatic nitrogens is 2. The second kappa shape index (κ2) is 6.39. The Labute approximate surface area is 125 Å². The van der Waals surface area contributed by atoms with E-state index in [1.807, 2.05) is 0 Å². The van der Waals surface area contributed by atoms with Gasteiger partial charge in [-0.1, -0.05) is 5.16 Å². The lowest BCUT2D eigenvalue weighted by Gasteiger charge is -2.24. The van der Waals surface area contributed by atoms with Crippen LogP contribution in [0.5, 0.6) is 0 Å². The van der Waals surface area contributed by atoms with Crippen molar-refractivity contribution in [1.82, 2.24) is 19.9 Å². The molecule has 21 heavy (non-hydrogen) atoms. The van der Waals surface area contributed by atoms with Gasteiger partial charge in [0.05, 0.1) is 12.1 Å². The van der Waals surface area contributed by atoms with Crippen molar-refractivity contribution < 1.29 is 9.26 Å². The van der Waals surface area contributed by atoms with Crippen LogP contribution in [-0.4, -0.2) is 66.3 Å². The van der Waals surface area contributed by atoms with Gasteiger partial charge >= 0.3 is 0 Å². The third-order valence-corrected chi connectivity index (χ3v) is 4.47. The fraction of sp³-hybridized carbons (Fsp3) is 0.857. The maximum atomic E-state index is 5.82. The number of nitrogens with two attached hydrogens (primary N) is 1. The Morgan fingerprint density at radius 3 is 2.90 bits per heavy atom. The molecule has 7 nitrogen and oxygen atoms in total. The van der Waals surface area contributed by atoms with Gasteiger partial charge in [0.15, 0.2) is 5.82 Å². The predicted octanol–water partition coefficient (Wildman–Crippen LogP) is 0.557. The third kappa shape index (κ3) is 3.26. The van der Waals surface area contributed by atoms with Crippen LogP contribution in [0, 0.1) is 0 Å². The molecule has 0 amide bonds. The first-order valence-electron chi connectivity index (χ1n) is 7.75. The smallest absolute Gasteiger partial charge is 0.255 e. The second-order valence-electron chi connectivity index (χ2n) is 6.16. The molecule has 2 fully saturated rings. The first-order chi connectivity index (χ1) is 10.2. The van der Waals surface area contributed by atoms with Crippen LogP contribution in [0.25, 0.3) is 0 Å². The average molecular weight is 295 g/mol. The van der Waals surface area contributed by atoms with Gasteiger partial charge in [0.25, 0.3) is 5.89 Å². The van der Waals surface area contributed by atoms with Crippen molar-refractivity contribution in [1.29, 1.82) is 0 Å². The van der Waals surface area contributed by atoms with Crippen LogP contribution in [0.2, 0.25) is 0 Å². The molecule has 3 rings (SSSR count). The summed E-state index contributed by atoms with van der Waals surface area (Å²) >= 11 is 0. The van der Waals surface area contributed by atoms with Crippen LogP contribution in [0.4, 0.5) is 0 Å². The molecule has 118 valence electrons. The number of ether oxygens (including phenoxy) is 1. The molecule has 2 aliphatic rings. The van der Waals surface area contributed by atoms with Crippen molar-refractivity contribution in [3.8, 4) is 0 Å². The van der Waals surface area contributed by atoms with Crippen LogP contribution in [0.1, 0.15) is 43.1 Å². The van der Waals surface area contributed by atoms with Gasteiger partial charge in [0, 0.05) is 13.1 Å². The normalized spacial score (nSPS) is 32.4. The lowest BCUT2D eigenvalue weighted by atomic mass is 10.2.